The van der Waals surface area contributed by atoms with Crippen LogP contribution in [0.1, 0.15) is 62.1 Å². The predicted molar refractivity (Wildman–Crippen MR) is 133 cm³/mol. The maximum Gasteiger partial charge on any atom is 0.331 e. The third-order valence-corrected chi connectivity index (χ3v) is 6.44. The molecule has 12 heteroatoms. The van der Waals surface area contributed by atoms with Gasteiger partial charge >= 0.3 is 11.4 Å². The molecule has 3 N–H and O–H groups in total. The Morgan fingerprint density at radius 2 is 1.64 bits per heavy atom. The zero-order chi connectivity index (χ0) is 26.1. The van der Waals surface area contributed by atoms with Gasteiger partial charge in [0.15, 0.2) is 11.5 Å². The van der Waals surface area contributed by atoms with Crippen LogP contribution in [0.2, 0.25) is 5.02 Å². The van der Waals surface area contributed by atoms with Crippen molar-refractivity contribution in [3.63, 3.8) is 0 Å². The molecule has 11 nitrogen and oxygen atoms in total. The standard InChI is InChI=1S/C24H27ClN4O7/c1-4-6-8-28-21(31)16(19(30)26-23(28)33)15-13-10-12(25)11-14(35-3)18(13)36-20-17(15)22(32)29(9-7-5-2)24(34)27-20/h10-11,15,31H,4-9H2,1-3H3,(H,27,34)(H,26,30,33)/t15-/m1/s1. The Bertz CT molecular complexity index is 1550. The van der Waals surface area contributed by atoms with E-state index in [9.17, 15) is 24.3 Å². The first-order valence-corrected chi connectivity index (χ1v) is 12.1. The number of aromatic amines is 2. The molecule has 3 heterocycles. The topological polar surface area (TPSA) is 148 Å². The number of ether oxygens (including phenoxy) is 2. The number of aromatic nitrogens is 4. The summed E-state index contributed by atoms with van der Waals surface area (Å²) in [5, 5.41) is 11.4. The number of benzene rings is 1. The molecule has 1 atom stereocenters. The number of methoxy groups -OCH3 is 1. The Hall–Kier alpha value is -3.73. The molecule has 192 valence electrons. The fraction of sp³-hybridized carbons (Fsp3) is 0.417. The number of nitrogens with zero attached hydrogens (tertiary/aromatic N) is 2. The van der Waals surface area contributed by atoms with Gasteiger partial charge in [-0.3, -0.25) is 28.7 Å². The quantitative estimate of drug-likeness (QED) is 0.324. The van der Waals surface area contributed by atoms with Gasteiger partial charge in [0.05, 0.1) is 24.2 Å². The molecule has 0 radical (unpaired) electrons. The molecule has 1 aromatic carbocycles. The summed E-state index contributed by atoms with van der Waals surface area (Å²) in [6.45, 7) is 4.14. The zero-order valence-corrected chi connectivity index (χ0v) is 20.9. The van der Waals surface area contributed by atoms with Crippen molar-refractivity contribution >= 4 is 11.6 Å². The molecule has 0 bridgehead atoms. The number of H-pyrrole nitrogens is 2. The lowest BCUT2D eigenvalue weighted by atomic mass is 9.84. The van der Waals surface area contributed by atoms with Crippen LogP contribution in [0.5, 0.6) is 23.3 Å². The van der Waals surface area contributed by atoms with Gasteiger partial charge < -0.3 is 14.6 Å². The Morgan fingerprint density at radius 1 is 1.00 bits per heavy atom. The van der Waals surface area contributed by atoms with Gasteiger partial charge in [-0.05, 0) is 18.9 Å². The van der Waals surface area contributed by atoms with Crippen LogP contribution >= 0.6 is 11.6 Å². The van der Waals surface area contributed by atoms with Crippen molar-refractivity contribution in [3.05, 3.63) is 75.5 Å². The van der Waals surface area contributed by atoms with Gasteiger partial charge in [-0.15, -0.1) is 0 Å². The van der Waals surface area contributed by atoms with Crippen LogP contribution in [-0.4, -0.2) is 31.3 Å². The molecule has 3 aromatic rings. The molecule has 2 aromatic heterocycles. The molecule has 1 aliphatic heterocycles. The van der Waals surface area contributed by atoms with Crippen LogP contribution in [-0.2, 0) is 13.1 Å². The minimum atomic E-state index is -1.22. The molecule has 0 saturated heterocycles. The van der Waals surface area contributed by atoms with Gasteiger partial charge in [0.2, 0.25) is 11.8 Å². The highest BCUT2D eigenvalue weighted by Crippen LogP contribution is 2.50. The van der Waals surface area contributed by atoms with Gasteiger partial charge in [-0.1, -0.05) is 38.3 Å². The fourth-order valence-electron chi connectivity index (χ4n) is 4.40. The lowest BCUT2D eigenvalue weighted by molar-refractivity contribution is 0.354. The van der Waals surface area contributed by atoms with Crippen LogP contribution < -0.4 is 32.0 Å². The molecule has 36 heavy (non-hydrogen) atoms. The summed E-state index contributed by atoms with van der Waals surface area (Å²) < 4.78 is 13.4. The monoisotopic (exact) mass is 518 g/mol. The van der Waals surface area contributed by atoms with E-state index in [1.165, 1.54) is 19.2 Å². The van der Waals surface area contributed by atoms with Crippen LogP contribution in [0.25, 0.3) is 0 Å². The van der Waals surface area contributed by atoms with E-state index in [2.05, 4.69) is 9.97 Å². The van der Waals surface area contributed by atoms with E-state index in [0.717, 1.165) is 22.0 Å². The van der Waals surface area contributed by atoms with E-state index in [-0.39, 0.29) is 52.2 Å². The smallest absolute Gasteiger partial charge is 0.331 e. The van der Waals surface area contributed by atoms with Gasteiger partial charge in [0.1, 0.15) is 0 Å². The van der Waals surface area contributed by atoms with E-state index in [4.69, 9.17) is 21.1 Å². The number of hydrogen-bond donors (Lipinski definition) is 3. The third-order valence-electron chi connectivity index (χ3n) is 6.22. The first kappa shape index (κ1) is 25.4. The van der Waals surface area contributed by atoms with Crippen molar-refractivity contribution in [2.45, 2.75) is 58.5 Å². The molecule has 0 unspecified atom stereocenters. The Morgan fingerprint density at radius 3 is 2.28 bits per heavy atom. The van der Waals surface area contributed by atoms with Crippen molar-refractivity contribution in [3.8, 4) is 23.3 Å². The maximum atomic E-state index is 13.7. The van der Waals surface area contributed by atoms with Crippen LogP contribution in [0.15, 0.2) is 31.3 Å². The first-order valence-electron chi connectivity index (χ1n) is 11.7. The number of halogens is 1. The minimum absolute atomic E-state index is 0.0657. The first-order chi connectivity index (χ1) is 17.2. The molecular formula is C24H27ClN4O7. The summed E-state index contributed by atoms with van der Waals surface area (Å²) in [7, 11) is 1.39. The molecule has 0 amide bonds. The van der Waals surface area contributed by atoms with Crippen molar-refractivity contribution < 1.29 is 14.6 Å². The third kappa shape index (κ3) is 4.23. The van der Waals surface area contributed by atoms with Gasteiger partial charge in [0, 0.05) is 29.7 Å². The molecule has 0 saturated carbocycles. The van der Waals surface area contributed by atoms with E-state index in [1.54, 1.807) is 0 Å². The molecule has 1 aliphatic rings. The van der Waals surface area contributed by atoms with Crippen molar-refractivity contribution in [1.82, 2.24) is 19.1 Å². The summed E-state index contributed by atoms with van der Waals surface area (Å²) in [6, 6.07) is 2.98. The molecule has 0 fully saturated rings. The number of unbranched alkanes of at least 4 members (excludes halogenated alkanes) is 2. The fourth-order valence-corrected chi connectivity index (χ4v) is 4.62. The van der Waals surface area contributed by atoms with Gasteiger partial charge in [-0.25, -0.2) is 9.59 Å². The molecule has 0 spiro atoms. The maximum absolute atomic E-state index is 13.7. The second-order valence-corrected chi connectivity index (χ2v) is 8.98. The summed E-state index contributed by atoms with van der Waals surface area (Å²) in [5.74, 6) is -1.66. The number of aromatic hydroxyl groups is 1. The number of hydrogen-bond acceptors (Lipinski definition) is 7. The van der Waals surface area contributed by atoms with Gasteiger partial charge in [0.25, 0.3) is 11.1 Å². The highest BCUT2D eigenvalue weighted by Gasteiger charge is 2.39. The van der Waals surface area contributed by atoms with Crippen LogP contribution in [0.3, 0.4) is 0 Å². The average Bonchev–Trinajstić information content (AvgIpc) is 2.83. The van der Waals surface area contributed by atoms with E-state index < -0.39 is 34.3 Å². The normalized spacial score (nSPS) is 14.2. The van der Waals surface area contributed by atoms with Crippen molar-refractivity contribution in [2.24, 2.45) is 0 Å². The van der Waals surface area contributed by atoms with E-state index in [1.807, 2.05) is 13.8 Å². The zero-order valence-electron chi connectivity index (χ0n) is 20.1. The Labute approximate surface area is 209 Å². The highest BCUT2D eigenvalue weighted by molar-refractivity contribution is 6.30. The Balaban J connectivity index is 2.12. The summed E-state index contributed by atoms with van der Waals surface area (Å²) in [4.78, 5) is 56.9. The average molecular weight is 519 g/mol. The largest absolute Gasteiger partial charge is 0.494 e. The molecule has 4 rings (SSSR count). The predicted octanol–water partition coefficient (Wildman–Crippen LogP) is 2.64. The van der Waals surface area contributed by atoms with Crippen molar-refractivity contribution in [1.29, 1.82) is 0 Å². The number of rotatable bonds is 8. The van der Waals surface area contributed by atoms with Crippen LogP contribution in [0, 0.1) is 0 Å². The minimum Gasteiger partial charge on any atom is -0.494 e. The lowest BCUT2D eigenvalue weighted by Gasteiger charge is -2.29. The van der Waals surface area contributed by atoms with Crippen molar-refractivity contribution in [2.75, 3.05) is 7.11 Å². The number of nitrogens with one attached hydrogen (secondary N) is 2. The lowest BCUT2D eigenvalue weighted by Crippen LogP contribution is -2.41. The van der Waals surface area contributed by atoms with E-state index >= 15 is 0 Å². The van der Waals surface area contributed by atoms with E-state index in [0.29, 0.717) is 12.8 Å². The Kier molecular flexibility index (Phi) is 7.11. The number of fused-ring (bicyclic) bond motifs is 2. The molecule has 0 aliphatic carbocycles. The molecular weight excluding hydrogens is 492 g/mol. The van der Waals surface area contributed by atoms with Gasteiger partial charge in [-0.2, -0.15) is 0 Å². The summed E-state index contributed by atoms with van der Waals surface area (Å²) in [6.07, 6.45) is 2.61. The SMILES string of the molecule is CCCCn1c(O)c([C@H]2c3cc(Cl)cc(OC)c3Oc3[nH]c(=O)n(CCCC)c(=O)c32)c(=O)[nH]c1=O. The second kappa shape index (κ2) is 10.1. The summed E-state index contributed by atoms with van der Waals surface area (Å²) >= 11 is 6.33. The summed E-state index contributed by atoms with van der Waals surface area (Å²) in [5.41, 5.74) is -3.04. The van der Waals surface area contributed by atoms with Crippen LogP contribution in [0.4, 0.5) is 0 Å². The highest BCUT2D eigenvalue weighted by atomic mass is 35.5. The second-order valence-electron chi connectivity index (χ2n) is 8.55.